The van der Waals surface area contributed by atoms with E-state index in [1.807, 2.05) is 12.1 Å². The van der Waals surface area contributed by atoms with E-state index in [0.29, 0.717) is 0 Å². The first kappa shape index (κ1) is 31.1. The van der Waals surface area contributed by atoms with Gasteiger partial charge in [-0.2, -0.15) is 0 Å². The van der Waals surface area contributed by atoms with Crippen molar-refractivity contribution < 1.29 is 22.6 Å². The quantitative estimate of drug-likeness (QED) is 0.145. The first-order chi connectivity index (χ1) is 19.4. The standard InChI is InChI=1S/C34H36N2O2.2ClH.Cu/c1-33(2,3)23-13-17-29(37-7)25(19-23)27-15-11-21-9-10-22-12-16-28(36-32(22)31(21)35-27)26-20-24(34(4,5)6)14-18-30(26)38-8;;;/h9-20H,1-8H3;2*1H;/q;;;+2/p-2. The number of ether oxygens (including phenoxy) is 2. The molecule has 0 aliphatic heterocycles. The van der Waals surface area contributed by atoms with E-state index in [4.69, 9.17) is 19.4 Å². The third-order valence-corrected chi connectivity index (χ3v) is 7.20. The molecule has 2 aromatic heterocycles. The molecule has 2 heterocycles. The van der Waals surface area contributed by atoms with Crippen molar-refractivity contribution >= 4 is 42.0 Å². The summed E-state index contributed by atoms with van der Waals surface area (Å²) in [5.74, 6) is 1.62. The molecule has 0 spiro atoms. The maximum atomic E-state index is 5.74. The van der Waals surface area contributed by atoms with Crippen molar-refractivity contribution in [2.24, 2.45) is 0 Å². The summed E-state index contributed by atoms with van der Waals surface area (Å²) < 4.78 is 11.5. The van der Waals surface area contributed by atoms with Crippen molar-refractivity contribution in [1.82, 2.24) is 9.97 Å². The van der Waals surface area contributed by atoms with Crippen LogP contribution in [0.4, 0.5) is 0 Å². The molecule has 0 aliphatic rings. The Morgan fingerprint density at radius 1 is 0.561 bits per heavy atom. The number of rotatable bonds is 4. The van der Waals surface area contributed by atoms with E-state index in [1.165, 1.54) is 11.1 Å². The molecule has 0 saturated heterocycles. The van der Waals surface area contributed by atoms with Gasteiger partial charge in [0.25, 0.3) is 0 Å². The Hall–Kier alpha value is -2.82. The van der Waals surface area contributed by atoms with Gasteiger partial charge in [-0.05, 0) is 58.4 Å². The SMILES string of the molecule is COc1ccc(C(C)(C)C)cc1-c1ccc2ccc3ccc(-c4cc(C(C)(C)C)ccc4OC)nc3c2n1.[Cl][Cu][Cl]. The Morgan fingerprint density at radius 3 is 1.22 bits per heavy atom. The Balaban J connectivity index is 0.00000124. The zero-order valence-corrected chi connectivity index (χ0v) is 27.2. The third-order valence-electron chi connectivity index (χ3n) is 7.20. The van der Waals surface area contributed by atoms with Gasteiger partial charge in [-0.1, -0.05) is 77.9 Å². The molecule has 0 atom stereocenters. The average molecular weight is 639 g/mol. The van der Waals surface area contributed by atoms with E-state index < -0.39 is 0 Å². The predicted molar refractivity (Wildman–Crippen MR) is 170 cm³/mol. The zero-order chi connectivity index (χ0) is 29.9. The predicted octanol–water partition coefficient (Wildman–Crippen LogP) is 10.1. The fraction of sp³-hybridized carbons (Fsp3) is 0.294. The number of nitrogens with zero attached hydrogens (tertiary/aromatic N) is 2. The summed E-state index contributed by atoms with van der Waals surface area (Å²) in [6, 6.07) is 25.3. The molecule has 3 aromatic carbocycles. The van der Waals surface area contributed by atoms with Crippen LogP contribution in [0, 0.1) is 0 Å². The molecule has 41 heavy (non-hydrogen) atoms. The van der Waals surface area contributed by atoms with Gasteiger partial charge in [0.15, 0.2) is 0 Å². The van der Waals surface area contributed by atoms with Gasteiger partial charge in [-0.3, -0.25) is 0 Å². The molecule has 5 rings (SSSR count). The summed E-state index contributed by atoms with van der Waals surface area (Å²) in [7, 11) is 12.8. The van der Waals surface area contributed by atoms with Crippen molar-refractivity contribution in [2.75, 3.05) is 14.2 Å². The van der Waals surface area contributed by atoms with E-state index in [1.54, 1.807) is 14.2 Å². The first-order valence-electron chi connectivity index (χ1n) is 13.3. The van der Waals surface area contributed by atoms with Crippen molar-refractivity contribution in [3.05, 3.63) is 83.9 Å². The number of methoxy groups -OCH3 is 2. The van der Waals surface area contributed by atoms with E-state index in [0.717, 1.165) is 69.0 Å². The number of pyridine rings is 2. The fourth-order valence-electron chi connectivity index (χ4n) is 4.82. The molecule has 219 valence electrons. The van der Waals surface area contributed by atoms with Gasteiger partial charge in [0.2, 0.25) is 0 Å². The van der Waals surface area contributed by atoms with Crippen LogP contribution >= 0.6 is 20.2 Å². The fourth-order valence-corrected chi connectivity index (χ4v) is 4.82. The van der Waals surface area contributed by atoms with Crippen LogP contribution in [0.3, 0.4) is 0 Å². The molecule has 0 aliphatic carbocycles. The van der Waals surface area contributed by atoms with Gasteiger partial charge >= 0.3 is 33.3 Å². The topological polar surface area (TPSA) is 44.2 Å². The van der Waals surface area contributed by atoms with Crippen molar-refractivity contribution in [1.29, 1.82) is 0 Å². The summed E-state index contributed by atoms with van der Waals surface area (Å²) in [6.07, 6.45) is 0. The van der Waals surface area contributed by atoms with E-state index >= 15 is 0 Å². The molecular formula is C34H36Cl2CuN2O2. The maximum absolute atomic E-state index is 5.74. The van der Waals surface area contributed by atoms with Crippen LogP contribution in [-0.4, -0.2) is 24.2 Å². The second-order valence-corrected chi connectivity index (χ2v) is 13.5. The molecule has 0 saturated carbocycles. The van der Waals surface area contributed by atoms with Crippen molar-refractivity contribution in [3.8, 4) is 34.0 Å². The van der Waals surface area contributed by atoms with E-state index in [2.05, 4.69) is 122 Å². The van der Waals surface area contributed by atoms with Gasteiger partial charge in [-0.25, -0.2) is 9.97 Å². The van der Waals surface area contributed by atoms with Crippen LogP contribution in [0.2, 0.25) is 0 Å². The molecule has 0 amide bonds. The minimum absolute atomic E-state index is 0.0155. The van der Waals surface area contributed by atoms with Crippen molar-refractivity contribution in [2.45, 2.75) is 52.4 Å². The van der Waals surface area contributed by atoms with Gasteiger partial charge < -0.3 is 9.47 Å². The van der Waals surface area contributed by atoms with E-state index in [9.17, 15) is 0 Å². The number of benzene rings is 3. The Kier molecular flexibility index (Phi) is 9.55. The second kappa shape index (κ2) is 12.6. The molecule has 5 aromatic rings. The van der Waals surface area contributed by atoms with Crippen LogP contribution in [0.25, 0.3) is 44.3 Å². The van der Waals surface area contributed by atoms with Crippen LogP contribution in [0.5, 0.6) is 11.5 Å². The molecule has 0 N–H and O–H groups in total. The average Bonchev–Trinajstić information content (AvgIpc) is 2.95. The van der Waals surface area contributed by atoms with Gasteiger partial charge in [-0.15, -0.1) is 0 Å². The summed E-state index contributed by atoms with van der Waals surface area (Å²) in [4.78, 5) is 10.3. The van der Waals surface area contributed by atoms with Gasteiger partial charge in [0.1, 0.15) is 11.5 Å². The monoisotopic (exact) mass is 637 g/mol. The van der Waals surface area contributed by atoms with E-state index in [-0.39, 0.29) is 10.8 Å². The molecule has 0 unspecified atom stereocenters. The zero-order valence-electron chi connectivity index (χ0n) is 24.7. The van der Waals surface area contributed by atoms with Crippen molar-refractivity contribution in [3.63, 3.8) is 0 Å². The van der Waals surface area contributed by atoms with Gasteiger partial charge in [0.05, 0.1) is 36.6 Å². The Morgan fingerprint density at radius 2 is 0.902 bits per heavy atom. The van der Waals surface area contributed by atoms with Crippen LogP contribution in [0.15, 0.2) is 72.8 Å². The minimum atomic E-state index is 0.0155. The summed E-state index contributed by atoms with van der Waals surface area (Å²) in [6.45, 7) is 13.3. The molecule has 7 heteroatoms. The molecule has 0 radical (unpaired) electrons. The first-order valence-corrected chi connectivity index (χ1v) is 15.9. The summed E-state index contributed by atoms with van der Waals surface area (Å²) >= 11 is 0.757. The van der Waals surface area contributed by atoms with Gasteiger partial charge in [0, 0.05) is 21.9 Å². The number of hydrogen-bond donors (Lipinski definition) is 0. The van der Waals surface area contributed by atoms with Crippen LogP contribution < -0.4 is 9.47 Å². The number of fused-ring (bicyclic) bond motifs is 3. The normalized spacial score (nSPS) is 11.9. The van der Waals surface area contributed by atoms with Crippen LogP contribution in [0.1, 0.15) is 52.7 Å². The molecule has 0 bridgehead atoms. The third kappa shape index (κ3) is 6.81. The number of halogens is 2. The summed E-state index contributed by atoms with van der Waals surface area (Å²) in [5, 5.41) is 2.10. The Labute approximate surface area is 258 Å². The number of aromatic nitrogens is 2. The summed E-state index contributed by atoms with van der Waals surface area (Å²) in [5.41, 5.74) is 7.94. The molecular weight excluding hydrogens is 603 g/mol. The molecule has 0 fully saturated rings. The van der Waals surface area contributed by atoms with Crippen LogP contribution in [-0.2, 0) is 24.0 Å². The second-order valence-electron chi connectivity index (χ2n) is 12.0. The molecule has 4 nitrogen and oxygen atoms in total. The number of hydrogen-bond acceptors (Lipinski definition) is 4. The Bertz CT molecular complexity index is 1570.